The number of nitrogens with zero attached hydrogens (tertiary/aromatic N) is 2. The Hall–Kier alpha value is -1.74. The van der Waals surface area contributed by atoms with Crippen LogP contribution in [0.15, 0.2) is 36.7 Å². The number of benzene rings is 1. The topological polar surface area (TPSA) is 46.0 Å². The summed E-state index contributed by atoms with van der Waals surface area (Å²) in [4.78, 5) is 8.11. The fourth-order valence-corrected chi connectivity index (χ4v) is 1.72. The van der Waals surface area contributed by atoms with E-state index in [1.54, 1.807) is 18.5 Å². The summed E-state index contributed by atoms with van der Waals surface area (Å²) >= 11 is 0. The molecule has 0 aliphatic carbocycles. The number of aliphatic hydroxyl groups is 1. The van der Waals surface area contributed by atoms with Crippen LogP contribution in [0.25, 0.3) is 0 Å². The lowest BCUT2D eigenvalue weighted by Crippen LogP contribution is -2.06. The molecule has 0 saturated carbocycles. The molecule has 2 aromatic rings. The van der Waals surface area contributed by atoms with Gasteiger partial charge in [-0.3, -0.25) is 0 Å². The van der Waals surface area contributed by atoms with Crippen molar-refractivity contribution < 1.29 is 5.11 Å². The Labute approximate surface area is 94.8 Å². The highest BCUT2D eigenvalue weighted by Gasteiger charge is 2.14. The smallest absolute Gasteiger partial charge is 0.161 e. The number of hydrogen-bond acceptors (Lipinski definition) is 3. The summed E-state index contributed by atoms with van der Waals surface area (Å²) in [6.07, 6.45) is 2.52. The van der Waals surface area contributed by atoms with Gasteiger partial charge in [0, 0.05) is 12.4 Å². The van der Waals surface area contributed by atoms with E-state index in [0.29, 0.717) is 5.82 Å². The summed E-state index contributed by atoms with van der Waals surface area (Å²) in [5.74, 6) is 0.439. The highest BCUT2D eigenvalue weighted by Crippen LogP contribution is 2.22. The third-order valence-corrected chi connectivity index (χ3v) is 2.55. The standard InChI is InChI=1S/C13H14N2O/c1-9-4-5-11(10(2)8-9)12(16)13-14-6-3-7-15-13/h3-8,12,16H,1-2H3. The van der Waals surface area contributed by atoms with Crippen LogP contribution in [0.1, 0.15) is 28.6 Å². The Balaban J connectivity index is 2.38. The fraction of sp³-hybridized carbons (Fsp3) is 0.231. The van der Waals surface area contributed by atoms with Gasteiger partial charge in [0.1, 0.15) is 6.10 Å². The van der Waals surface area contributed by atoms with E-state index < -0.39 is 6.10 Å². The third-order valence-electron chi connectivity index (χ3n) is 2.55. The van der Waals surface area contributed by atoms with E-state index in [1.165, 1.54) is 5.56 Å². The molecule has 2 rings (SSSR count). The maximum Gasteiger partial charge on any atom is 0.161 e. The first-order chi connectivity index (χ1) is 7.68. The van der Waals surface area contributed by atoms with Crippen molar-refractivity contribution in [3.63, 3.8) is 0 Å². The molecule has 0 radical (unpaired) electrons. The van der Waals surface area contributed by atoms with Gasteiger partial charge in [-0.2, -0.15) is 0 Å². The van der Waals surface area contributed by atoms with Gasteiger partial charge in [0.05, 0.1) is 0 Å². The third kappa shape index (κ3) is 2.09. The van der Waals surface area contributed by atoms with Crippen LogP contribution in [0.5, 0.6) is 0 Å². The average Bonchev–Trinajstić information content (AvgIpc) is 2.29. The summed E-state index contributed by atoms with van der Waals surface area (Å²) in [6.45, 7) is 4.01. The van der Waals surface area contributed by atoms with Gasteiger partial charge < -0.3 is 5.11 Å². The zero-order chi connectivity index (χ0) is 11.5. The molecule has 1 heterocycles. The minimum absolute atomic E-state index is 0.439. The Morgan fingerprint density at radius 3 is 2.44 bits per heavy atom. The van der Waals surface area contributed by atoms with Crippen LogP contribution in [0.2, 0.25) is 0 Å². The molecule has 3 heteroatoms. The van der Waals surface area contributed by atoms with E-state index in [0.717, 1.165) is 11.1 Å². The zero-order valence-corrected chi connectivity index (χ0v) is 9.38. The molecule has 1 atom stereocenters. The number of aliphatic hydroxyl groups excluding tert-OH is 1. The van der Waals surface area contributed by atoms with Crippen LogP contribution in [0.3, 0.4) is 0 Å². The molecule has 82 valence electrons. The summed E-state index contributed by atoms with van der Waals surface area (Å²) in [6, 6.07) is 7.68. The van der Waals surface area contributed by atoms with Gasteiger partial charge in [0.15, 0.2) is 5.82 Å². The first-order valence-corrected chi connectivity index (χ1v) is 5.20. The van der Waals surface area contributed by atoms with Crippen molar-refractivity contribution in [3.05, 3.63) is 59.2 Å². The Morgan fingerprint density at radius 2 is 1.81 bits per heavy atom. The van der Waals surface area contributed by atoms with Crippen molar-refractivity contribution in [1.82, 2.24) is 9.97 Å². The number of aromatic nitrogens is 2. The van der Waals surface area contributed by atoms with Gasteiger partial charge in [-0.05, 0) is 31.0 Å². The fourth-order valence-electron chi connectivity index (χ4n) is 1.72. The summed E-state index contributed by atoms with van der Waals surface area (Å²) in [5, 5.41) is 10.1. The molecule has 0 aliphatic rings. The molecule has 1 aromatic heterocycles. The van der Waals surface area contributed by atoms with E-state index >= 15 is 0 Å². The van der Waals surface area contributed by atoms with Crippen LogP contribution in [0, 0.1) is 13.8 Å². The van der Waals surface area contributed by atoms with Crippen molar-refractivity contribution in [2.24, 2.45) is 0 Å². The predicted octanol–water partition coefficient (Wildman–Crippen LogP) is 2.18. The predicted molar refractivity (Wildman–Crippen MR) is 62.0 cm³/mol. The second kappa shape index (κ2) is 4.41. The van der Waals surface area contributed by atoms with Crippen molar-refractivity contribution >= 4 is 0 Å². The molecule has 1 N–H and O–H groups in total. The van der Waals surface area contributed by atoms with Crippen LogP contribution >= 0.6 is 0 Å². The lowest BCUT2D eigenvalue weighted by molar-refractivity contribution is 0.209. The minimum Gasteiger partial charge on any atom is -0.380 e. The number of rotatable bonds is 2. The molecule has 0 saturated heterocycles. The van der Waals surface area contributed by atoms with Gasteiger partial charge in [-0.25, -0.2) is 9.97 Å². The molecule has 1 aromatic carbocycles. The van der Waals surface area contributed by atoms with E-state index in [2.05, 4.69) is 9.97 Å². The Morgan fingerprint density at radius 1 is 1.12 bits per heavy atom. The molecule has 0 bridgehead atoms. The van der Waals surface area contributed by atoms with Crippen molar-refractivity contribution in [1.29, 1.82) is 0 Å². The van der Waals surface area contributed by atoms with Crippen LogP contribution in [-0.2, 0) is 0 Å². The van der Waals surface area contributed by atoms with Gasteiger partial charge in [-0.15, -0.1) is 0 Å². The van der Waals surface area contributed by atoms with Gasteiger partial charge in [0.2, 0.25) is 0 Å². The van der Waals surface area contributed by atoms with E-state index in [4.69, 9.17) is 0 Å². The highest BCUT2D eigenvalue weighted by atomic mass is 16.3. The van der Waals surface area contributed by atoms with Crippen LogP contribution in [-0.4, -0.2) is 15.1 Å². The first kappa shape index (κ1) is 10.8. The highest BCUT2D eigenvalue weighted by molar-refractivity contribution is 5.34. The van der Waals surface area contributed by atoms with Crippen molar-refractivity contribution in [2.45, 2.75) is 20.0 Å². The average molecular weight is 214 g/mol. The molecule has 1 unspecified atom stereocenters. The maximum absolute atomic E-state index is 10.1. The molecule has 0 spiro atoms. The summed E-state index contributed by atoms with van der Waals surface area (Å²) in [5.41, 5.74) is 3.10. The van der Waals surface area contributed by atoms with E-state index in [9.17, 15) is 5.11 Å². The molecular formula is C13H14N2O. The zero-order valence-electron chi connectivity index (χ0n) is 9.38. The summed E-state index contributed by atoms with van der Waals surface area (Å²) in [7, 11) is 0. The van der Waals surface area contributed by atoms with Crippen molar-refractivity contribution in [3.8, 4) is 0 Å². The minimum atomic E-state index is -0.748. The second-order valence-electron chi connectivity index (χ2n) is 3.87. The van der Waals surface area contributed by atoms with Gasteiger partial charge >= 0.3 is 0 Å². The molecule has 0 aliphatic heterocycles. The molecule has 16 heavy (non-hydrogen) atoms. The maximum atomic E-state index is 10.1. The molecule has 0 amide bonds. The van der Waals surface area contributed by atoms with Crippen LogP contribution in [0.4, 0.5) is 0 Å². The largest absolute Gasteiger partial charge is 0.380 e. The van der Waals surface area contributed by atoms with Gasteiger partial charge in [0.25, 0.3) is 0 Å². The molecule has 3 nitrogen and oxygen atoms in total. The summed E-state index contributed by atoms with van der Waals surface area (Å²) < 4.78 is 0. The number of aryl methyl sites for hydroxylation is 2. The molecule has 0 fully saturated rings. The lowest BCUT2D eigenvalue weighted by atomic mass is 10.0. The monoisotopic (exact) mass is 214 g/mol. The quantitative estimate of drug-likeness (QED) is 0.833. The Kier molecular flexibility index (Phi) is 2.97. The van der Waals surface area contributed by atoms with Gasteiger partial charge in [-0.1, -0.05) is 23.8 Å². The molecular weight excluding hydrogens is 200 g/mol. The van der Waals surface area contributed by atoms with Crippen LogP contribution < -0.4 is 0 Å². The van der Waals surface area contributed by atoms with E-state index in [1.807, 2.05) is 32.0 Å². The SMILES string of the molecule is Cc1ccc(C(O)c2ncccn2)c(C)c1. The lowest BCUT2D eigenvalue weighted by Gasteiger charge is -2.12. The normalized spacial score (nSPS) is 12.4. The van der Waals surface area contributed by atoms with E-state index in [-0.39, 0.29) is 0 Å². The Bertz CT molecular complexity index is 483. The number of hydrogen-bond donors (Lipinski definition) is 1. The first-order valence-electron chi connectivity index (χ1n) is 5.20. The second-order valence-corrected chi connectivity index (χ2v) is 3.87. The van der Waals surface area contributed by atoms with Crippen molar-refractivity contribution in [2.75, 3.05) is 0 Å².